The van der Waals surface area contributed by atoms with Gasteiger partial charge in [-0.05, 0) is 17.0 Å². The van der Waals surface area contributed by atoms with Crippen LogP contribution in [0.4, 0.5) is 0 Å². The summed E-state index contributed by atoms with van der Waals surface area (Å²) in [6, 6.07) is 7.55. The van der Waals surface area contributed by atoms with Crippen molar-refractivity contribution >= 4 is 11.8 Å². The molecular weight excluding hydrogens is 304 g/mol. The molecular formula is C18H24N4O2. The quantitative estimate of drug-likeness (QED) is 0.812. The van der Waals surface area contributed by atoms with Crippen molar-refractivity contribution in [2.24, 2.45) is 5.92 Å². The van der Waals surface area contributed by atoms with Crippen molar-refractivity contribution < 1.29 is 9.59 Å². The van der Waals surface area contributed by atoms with Gasteiger partial charge in [0.05, 0.1) is 6.33 Å². The van der Waals surface area contributed by atoms with Gasteiger partial charge in [-0.1, -0.05) is 38.1 Å². The maximum Gasteiger partial charge on any atom is 0.243 e. The van der Waals surface area contributed by atoms with Crippen molar-refractivity contribution in [2.45, 2.75) is 39.9 Å². The van der Waals surface area contributed by atoms with E-state index in [1.165, 1.54) is 12.5 Å². The summed E-state index contributed by atoms with van der Waals surface area (Å²) < 4.78 is 2.00. The average molecular weight is 328 g/mol. The molecule has 1 unspecified atom stereocenters. The Labute approximate surface area is 142 Å². The minimum Gasteiger partial charge on any atom is -0.350 e. The van der Waals surface area contributed by atoms with E-state index in [2.05, 4.69) is 15.6 Å². The lowest BCUT2D eigenvalue weighted by molar-refractivity contribution is -0.129. The second kappa shape index (κ2) is 8.29. The van der Waals surface area contributed by atoms with Crippen LogP contribution in [0.2, 0.25) is 0 Å². The molecule has 1 aromatic heterocycles. The van der Waals surface area contributed by atoms with E-state index in [1.54, 1.807) is 12.5 Å². The van der Waals surface area contributed by atoms with Gasteiger partial charge in [-0.25, -0.2) is 4.98 Å². The van der Waals surface area contributed by atoms with E-state index < -0.39 is 6.04 Å². The number of carbonyl (C=O) groups is 2. The summed E-state index contributed by atoms with van der Waals surface area (Å²) in [6.45, 7) is 6.44. The highest BCUT2D eigenvalue weighted by Gasteiger charge is 2.22. The molecule has 2 rings (SSSR count). The lowest BCUT2D eigenvalue weighted by Gasteiger charge is -2.21. The summed E-state index contributed by atoms with van der Waals surface area (Å²) in [5.41, 5.74) is 2.18. The number of benzene rings is 1. The van der Waals surface area contributed by atoms with E-state index in [0.29, 0.717) is 6.54 Å². The van der Waals surface area contributed by atoms with E-state index in [9.17, 15) is 9.59 Å². The number of hydrogen-bond donors (Lipinski definition) is 2. The highest BCUT2D eigenvalue weighted by Crippen LogP contribution is 2.07. The molecule has 1 aromatic carbocycles. The highest BCUT2D eigenvalue weighted by molar-refractivity contribution is 5.86. The van der Waals surface area contributed by atoms with Gasteiger partial charge in [-0.15, -0.1) is 0 Å². The van der Waals surface area contributed by atoms with Crippen LogP contribution in [-0.4, -0.2) is 27.4 Å². The Kier molecular flexibility index (Phi) is 6.12. The Morgan fingerprint density at radius 1 is 1.17 bits per heavy atom. The molecule has 2 amide bonds. The molecule has 0 spiro atoms. The van der Waals surface area contributed by atoms with Crippen LogP contribution in [0.15, 0.2) is 43.0 Å². The molecule has 0 aliphatic carbocycles. The van der Waals surface area contributed by atoms with E-state index >= 15 is 0 Å². The first-order chi connectivity index (χ1) is 11.5. The second-order valence-corrected chi connectivity index (χ2v) is 6.19. The standard InChI is InChI=1S/C18H24N4O2/c1-13(2)17(21-14(3)23)18(24)20-10-15-4-6-16(7-5-15)11-22-9-8-19-12-22/h4-9,12-13,17H,10-11H2,1-3H3,(H,20,24)(H,21,23). The summed E-state index contributed by atoms with van der Waals surface area (Å²) in [7, 11) is 0. The fraction of sp³-hybridized carbons (Fsp3) is 0.389. The smallest absolute Gasteiger partial charge is 0.243 e. The van der Waals surface area contributed by atoms with Crippen molar-refractivity contribution in [3.8, 4) is 0 Å². The maximum absolute atomic E-state index is 12.2. The fourth-order valence-corrected chi connectivity index (χ4v) is 2.41. The highest BCUT2D eigenvalue weighted by atomic mass is 16.2. The minimum absolute atomic E-state index is 0.0338. The van der Waals surface area contributed by atoms with Crippen LogP contribution < -0.4 is 10.6 Å². The molecule has 128 valence electrons. The van der Waals surface area contributed by atoms with Crippen LogP contribution in [0.3, 0.4) is 0 Å². The summed E-state index contributed by atoms with van der Waals surface area (Å²) in [5, 5.41) is 5.57. The Balaban J connectivity index is 1.89. The van der Waals surface area contributed by atoms with Crippen molar-refractivity contribution in [2.75, 3.05) is 0 Å². The summed E-state index contributed by atoms with van der Waals surface area (Å²) in [5.74, 6) is -0.332. The molecule has 0 radical (unpaired) electrons. The maximum atomic E-state index is 12.2. The molecule has 6 nitrogen and oxygen atoms in total. The number of nitrogens with zero attached hydrogens (tertiary/aromatic N) is 2. The molecule has 0 aliphatic heterocycles. The topological polar surface area (TPSA) is 76.0 Å². The molecule has 1 atom stereocenters. The first kappa shape index (κ1) is 17.7. The van der Waals surface area contributed by atoms with Crippen LogP contribution in [0.25, 0.3) is 0 Å². The molecule has 0 saturated heterocycles. The summed E-state index contributed by atoms with van der Waals surface area (Å²) >= 11 is 0. The molecule has 0 saturated carbocycles. The first-order valence-corrected chi connectivity index (χ1v) is 8.04. The van der Waals surface area contributed by atoms with Gasteiger partial charge in [0.1, 0.15) is 6.04 Å². The summed E-state index contributed by atoms with van der Waals surface area (Å²) in [6.07, 6.45) is 5.45. The third kappa shape index (κ3) is 5.22. The van der Waals surface area contributed by atoms with Gasteiger partial charge in [0.15, 0.2) is 0 Å². The molecule has 6 heteroatoms. The second-order valence-electron chi connectivity index (χ2n) is 6.19. The largest absolute Gasteiger partial charge is 0.350 e. The minimum atomic E-state index is -0.511. The zero-order valence-electron chi connectivity index (χ0n) is 14.3. The fourth-order valence-electron chi connectivity index (χ4n) is 2.41. The number of carbonyl (C=O) groups excluding carboxylic acids is 2. The van der Waals surface area contributed by atoms with Gasteiger partial charge in [0.25, 0.3) is 0 Å². The van der Waals surface area contributed by atoms with Gasteiger partial charge in [0.2, 0.25) is 11.8 Å². The monoisotopic (exact) mass is 328 g/mol. The molecule has 1 heterocycles. The normalized spacial score (nSPS) is 12.0. The number of imidazole rings is 1. The van der Waals surface area contributed by atoms with Crippen LogP contribution in [0, 0.1) is 5.92 Å². The molecule has 2 N–H and O–H groups in total. The summed E-state index contributed by atoms with van der Waals surface area (Å²) in [4.78, 5) is 27.5. The SMILES string of the molecule is CC(=O)NC(C(=O)NCc1ccc(Cn2ccnc2)cc1)C(C)C. The van der Waals surface area contributed by atoms with Gasteiger partial charge in [-0.3, -0.25) is 9.59 Å². The molecule has 0 fully saturated rings. The van der Waals surface area contributed by atoms with Crippen LogP contribution in [0.1, 0.15) is 31.9 Å². The zero-order chi connectivity index (χ0) is 17.5. The van der Waals surface area contributed by atoms with Gasteiger partial charge in [-0.2, -0.15) is 0 Å². The van der Waals surface area contributed by atoms with Gasteiger partial charge in [0, 0.05) is 32.4 Å². The Bertz CT molecular complexity index is 663. The molecule has 0 bridgehead atoms. The predicted molar refractivity (Wildman–Crippen MR) is 92.1 cm³/mol. The first-order valence-electron chi connectivity index (χ1n) is 8.04. The van der Waals surface area contributed by atoms with E-state index in [-0.39, 0.29) is 17.7 Å². The number of hydrogen-bond acceptors (Lipinski definition) is 3. The van der Waals surface area contributed by atoms with Crippen LogP contribution in [0.5, 0.6) is 0 Å². The lowest BCUT2D eigenvalue weighted by atomic mass is 10.0. The number of nitrogens with one attached hydrogen (secondary N) is 2. The predicted octanol–water partition coefficient (Wildman–Crippen LogP) is 1.71. The van der Waals surface area contributed by atoms with Crippen molar-refractivity contribution in [1.82, 2.24) is 20.2 Å². The number of rotatable bonds is 7. The Morgan fingerprint density at radius 2 is 1.83 bits per heavy atom. The number of amides is 2. The molecule has 0 aliphatic rings. The average Bonchev–Trinajstić information content (AvgIpc) is 3.04. The van der Waals surface area contributed by atoms with E-state index in [4.69, 9.17) is 0 Å². The van der Waals surface area contributed by atoms with Crippen LogP contribution in [-0.2, 0) is 22.7 Å². The molecule has 2 aromatic rings. The lowest BCUT2D eigenvalue weighted by Crippen LogP contribution is -2.48. The van der Waals surface area contributed by atoms with Crippen molar-refractivity contribution in [3.63, 3.8) is 0 Å². The third-order valence-corrected chi connectivity index (χ3v) is 3.72. The van der Waals surface area contributed by atoms with E-state index in [1.807, 2.05) is 48.9 Å². The van der Waals surface area contributed by atoms with Crippen molar-refractivity contribution in [1.29, 1.82) is 0 Å². The van der Waals surface area contributed by atoms with Crippen LogP contribution >= 0.6 is 0 Å². The van der Waals surface area contributed by atoms with Crippen molar-refractivity contribution in [3.05, 3.63) is 54.1 Å². The van der Waals surface area contributed by atoms with Gasteiger partial charge >= 0.3 is 0 Å². The third-order valence-electron chi connectivity index (χ3n) is 3.72. The molecule has 24 heavy (non-hydrogen) atoms. The van der Waals surface area contributed by atoms with E-state index in [0.717, 1.165) is 12.1 Å². The zero-order valence-corrected chi connectivity index (χ0v) is 14.3. The Morgan fingerprint density at radius 3 is 2.38 bits per heavy atom. The number of aromatic nitrogens is 2. The Hall–Kier alpha value is -2.63. The van der Waals surface area contributed by atoms with Gasteiger partial charge < -0.3 is 15.2 Å².